The van der Waals surface area contributed by atoms with Crippen molar-refractivity contribution in [1.82, 2.24) is 19.5 Å². The first-order valence-corrected chi connectivity index (χ1v) is 12.0. The fraction of sp³-hybridized carbons (Fsp3) is 0.276. The Morgan fingerprint density at radius 1 is 0.886 bits per heavy atom. The lowest BCUT2D eigenvalue weighted by molar-refractivity contribution is 0.187. The zero-order chi connectivity index (χ0) is 22.7. The molecule has 2 aromatic carbocycles. The summed E-state index contributed by atoms with van der Waals surface area (Å²) >= 11 is 0. The van der Waals surface area contributed by atoms with Crippen LogP contribution in [-0.2, 0) is 6.42 Å². The van der Waals surface area contributed by atoms with E-state index in [2.05, 4.69) is 63.1 Å². The number of fused-ring (bicyclic) bond motifs is 3. The second kappa shape index (κ2) is 8.17. The second-order valence-electron chi connectivity index (χ2n) is 9.67. The van der Waals surface area contributed by atoms with E-state index in [9.17, 15) is 0 Å². The number of hydrogen-bond donors (Lipinski definition) is 1. The van der Waals surface area contributed by atoms with Crippen molar-refractivity contribution in [1.29, 1.82) is 0 Å². The Hall–Kier alpha value is -3.77. The van der Waals surface area contributed by atoms with Crippen molar-refractivity contribution in [2.24, 2.45) is 11.1 Å². The quantitative estimate of drug-likeness (QED) is 0.378. The highest BCUT2D eigenvalue weighted by molar-refractivity contribution is 5.89. The van der Waals surface area contributed by atoms with E-state index in [1.165, 1.54) is 11.1 Å². The zero-order valence-corrected chi connectivity index (χ0v) is 18.9. The van der Waals surface area contributed by atoms with Gasteiger partial charge in [-0.15, -0.1) is 0 Å². The summed E-state index contributed by atoms with van der Waals surface area (Å²) in [6.07, 6.45) is 9.04. The molecular weight excluding hydrogens is 432 g/mol. The van der Waals surface area contributed by atoms with Crippen LogP contribution >= 0.6 is 0 Å². The third kappa shape index (κ3) is 3.32. The topological polar surface area (TPSA) is 72.9 Å². The number of piperidine rings is 1. The maximum Gasteiger partial charge on any atom is 0.163 e. The van der Waals surface area contributed by atoms with Crippen LogP contribution in [0.15, 0.2) is 79.3 Å². The highest BCUT2D eigenvalue weighted by Gasteiger charge is 2.45. The van der Waals surface area contributed by atoms with Gasteiger partial charge in [-0.1, -0.05) is 37.8 Å². The van der Waals surface area contributed by atoms with Crippen molar-refractivity contribution >= 4 is 27.9 Å². The van der Waals surface area contributed by atoms with Gasteiger partial charge in [-0.05, 0) is 66.1 Å². The summed E-state index contributed by atoms with van der Waals surface area (Å²) in [7, 11) is 0. The first kappa shape index (κ1) is 21.7. The number of anilines is 1. The standard InChI is InChI=1S/C28H26N6.CH4/c29-26-20-6-2-1-5-19(20)17-28(26)11-15-33(16-12-28)25-18-31-27-23(32-25)10-14-34(27)24-9-3-8-22-21(24)7-4-13-30-22;/h1-10,13-14,18,26H,11-12,15-17,29H2;1H4/t26-;/m1./s1. The van der Waals surface area contributed by atoms with Gasteiger partial charge in [-0.2, -0.15) is 0 Å². The Morgan fingerprint density at radius 2 is 1.74 bits per heavy atom. The van der Waals surface area contributed by atoms with E-state index in [4.69, 9.17) is 15.7 Å². The molecule has 1 aliphatic heterocycles. The summed E-state index contributed by atoms with van der Waals surface area (Å²) in [4.78, 5) is 16.7. The molecule has 0 saturated carbocycles. The minimum Gasteiger partial charge on any atom is -0.355 e. The molecule has 0 bridgehead atoms. The van der Waals surface area contributed by atoms with Crippen molar-refractivity contribution in [3.63, 3.8) is 0 Å². The minimum absolute atomic E-state index is 0. The number of nitrogens with zero attached hydrogens (tertiary/aromatic N) is 5. The Kier molecular flexibility index (Phi) is 5.07. The summed E-state index contributed by atoms with van der Waals surface area (Å²) in [5.74, 6) is 0.948. The second-order valence-corrected chi connectivity index (χ2v) is 9.67. The van der Waals surface area contributed by atoms with Crippen LogP contribution in [0.1, 0.15) is 37.4 Å². The number of aromatic nitrogens is 4. The molecule has 4 heterocycles. The molecule has 0 amide bonds. The van der Waals surface area contributed by atoms with Crippen LogP contribution in [0.5, 0.6) is 0 Å². The summed E-state index contributed by atoms with van der Waals surface area (Å²) in [5, 5.41) is 1.10. The molecule has 1 spiro atoms. The molecule has 6 heteroatoms. The molecule has 2 aliphatic rings. The van der Waals surface area contributed by atoms with Gasteiger partial charge >= 0.3 is 0 Å². The van der Waals surface area contributed by atoms with E-state index in [1.54, 1.807) is 0 Å². The minimum atomic E-state index is 0. The SMILES string of the molecule is C.N[C@@H]1c2ccccc2CC12CCN(c1cnc3c(ccn3-c3cccc4ncccc34)n1)CC2. The first-order chi connectivity index (χ1) is 16.7. The predicted molar refractivity (Wildman–Crippen MR) is 142 cm³/mol. The Labute approximate surface area is 205 Å². The van der Waals surface area contributed by atoms with Gasteiger partial charge in [-0.25, -0.2) is 9.97 Å². The summed E-state index contributed by atoms with van der Waals surface area (Å²) in [6, 6.07) is 21.1. The van der Waals surface area contributed by atoms with Crippen LogP contribution in [0.2, 0.25) is 0 Å². The molecule has 1 aliphatic carbocycles. The van der Waals surface area contributed by atoms with E-state index in [1.807, 2.05) is 30.6 Å². The summed E-state index contributed by atoms with van der Waals surface area (Å²) in [6.45, 7) is 1.91. The lowest BCUT2D eigenvalue weighted by Crippen LogP contribution is -2.44. The zero-order valence-electron chi connectivity index (χ0n) is 18.9. The Balaban J connectivity index is 0.00000229. The van der Waals surface area contributed by atoms with Crippen LogP contribution in [-0.4, -0.2) is 32.6 Å². The fourth-order valence-electron chi connectivity index (χ4n) is 6.03. The highest BCUT2D eigenvalue weighted by Crippen LogP contribution is 2.50. The van der Waals surface area contributed by atoms with Crippen LogP contribution in [0.4, 0.5) is 5.82 Å². The Morgan fingerprint density at radius 3 is 2.60 bits per heavy atom. The van der Waals surface area contributed by atoms with Crippen LogP contribution in [0, 0.1) is 5.41 Å². The molecule has 1 saturated heterocycles. The average molecular weight is 463 g/mol. The maximum absolute atomic E-state index is 6.76. The van der Waals surface area contributed by atoms with Crippen molar-refractivity contribution in [2.75, 3.05) is 18.0 Å². The third-order valence-corrected chi connectivity index (χ3v) is 7.93. The summed E-state index contributed by atoms with van der Waals surface area (Å²) in [5.41, 5.74) is 13.5. The lowest BCUT2D eigenvalue weighted by Gasteiger charge is -2.42. The van der Waals surface area contributed by atoms with Gasteiger partial charge in [-0.3, -0.25) is 9.55 Å². The van der Waals surface area contributed by atoms with Gasteiger partial charge in [0, 0.05) is 36.9 Å². The van der Waals surface area contributed by atoms with Gasteiger partial charge in [0.15, 0.2) is 5.65 Å². The number of hydrogen-bond acceptors (Lipinski definition) is 5. The molecule has 176 valence electrons. The molecule has 6 nitrogen and oxygen atoms in total. The van der Waals surface area contributed by atoms with Gasteiger partial charge in [0.1, 0.15) is 11.3 Å². The van der Waals surface area contributed by atoms with Gasteiger partial charge < -0.3 is 10.6 Å². The Bertz CT molecular complexity index is 1520. The molecule has 3 aromatic heterocycles. The normalized spacial score (nSPS) is 18.7. The lowest BCUT2D eigenvalue weighted by atomic mass is 9.73. The van der Waals surface area contributed by atoms with Crippen molar-refractivity contribution < 1.29 is 0 Å². The largest absolute Gasteiger partial charge is 0.355 e. The van der Waals surface area contributed by atoms with E-state index in [0.29, 0.717) is 0 Å². The number of pyridine rings is 1. The fourth-order valence-corrected chi connectivity index (χ4v) is 6.03. The third-order valence-electron chi connectivity index (χ3n) is 7.93. The number of nitrogens with two attached hydrogens (primary N) is 1. The summed E-state index contributed by atoms with van der Waals surface area (Å²) < 4.78 is 2.11. The van der Waals surface area contributed by atoms with E-state index < -0.39 is 0 Å². The number of benzene rings is 2. The maximum atomic E-state index is 6.76. The first-order valence-electron chi connectivity index (χ1n) is 12.0. The van der Waals surface area contributed by atoms with E-state index in [-0.39, 0.29) is 18.9 Å². The molecule has 7 rings (SSSR count). The molecular formula is C29H30N6. The van der Waals surface area contributed by atoms with E-state index >= 15 is 0 Å². The van der Waals surface area contributed by atoms with Gasteiger partial charge in [0.05, 0.1) is 17.4 Å². The van der Waals surface area contributed by atoms with Crippen molar-refractivity contribution in [2.45, 2.75) is 32.7 Å². The molecule has 5 aromatic rings. The average Bonchev–Trinajstić information content (AvgIpc) is 3.43. The smallest absolute Gasteiger partial charge is 0.163 e. The predicted octanol–water partition coefficient (Wildman–Crippen LogP) is 5.45. The van der Waals surface area contributed by atoms with Crippen molar-refractivity contribution in [3.05, 3.63) is 90.4 Å². The molecule has 0 unspecified atom stereocenters. The van der Waals surface area contributed by atoms with Crippen molar-refractivity contribution in [3.8, 4) is 5.69 Å². The van der Waals surface area contributed by atoms with E-state index in [0.717, 1.165) is 65.9 Å². The van der Waals surface area contributed by atoms with Gasteiger partial charge in [0.25, 0.3) is 0 Å². The molecule has 35 heavy (non-hydrogen) atoms. The monoisotopic (exact) mass is 462 g/mol. The molecule has 0 radical (unpaired) electrons. The van der Waals surface area contributed by atoms with Gasteiger partial charge in [0.2, 0.25) is 0 Å². The molecule has 2 N–H and O–H groups in total. The molecule has 1 atom stereocenters. The van der Waals surface area contributed by atoms with Crippen LogP contribution in [0.3, 0.4) is 0 Å². The highest BCUT2D eigenvalue weighted by atomic mass is 15.2. The molecule has 1 fully saturated rings. The van der Waals surface area contributed by atoms with Crippen LogP contribution in [0.25, 0.3) is 27.8 Å². The number of rotatable bonds is 2. The van der Waals surface area contributed by atoms with Crippen LogP contribution < -0.4 is 10.6 Å².